The van der Waals surface area contributed by atoms with Crippen molar-refractivity contribution in [1.82, 2.24) is 9.80 Å². The molecule has 0 spiro atoms. The first kappa shape index (κ1) is 32.3. The van der Waals surface area contributed by atoms with Crippen molar-refractivity contribution >= 4 is 40.4 Å². The number of carbonyl (C=O) groups excluding carboxylic acids is 3. The minimum Gasteiger partial charge on any atom is -0.445 e. The van der Waals surface area contributed by atoms with E-state index in [2.05, 4.69) is 0 Å². The second kappa shape index (κ2) is 14.1. The number of ether oxygens (including phenoxy) is 2. The van der Waals surface area contributed by atoms with Crippen LogP contribution in [0.25, 0.3) is 0 Å². The van der Waals surface area contributed by atoms with Crippen LogP contribution in [0.3, 0.4) is 0 Å². The Bertz CT molecular complexity index is 1300. The van der Waals surface area contributed by atoms with E-state index in [9.17, 15) is 34.6 Å². The van der Waals surface area contributed by atoms with E-state index in [0.717, 1.165) is 0 Å². The number of likely N-dealkylation sites (tertiary alicyclic amines) is 1. The molecular weight excluding hydrogens is 568 g/mol. The summed E-state index contributed by atoms with van der Waals surface area (Å²) in [6, 6.07) is 11.2. The van der Waals surface area contributed by atoms with Crippen LogP contribution in [0.4, 0.5) is 21.0 Å². The third-order valence-corrected chi connectivity index (χ3v) is 7.73. The van der Waals surface area contributed by atoms with E-state index in [-0.39, 0.29) is 41.0 Å². The van der Waals surface area contributed by atoms with E-state index in [1.165, 1.54) is 72.1 Å². The molecule has 0 unspecified atom stereocenters. The van der Waals surface area contributed by atoms with Crippen LogP contribution in [-0.4, -0.2) is 68.4 Å². The maximum Gasteiger partial charge on any atom is 0.410 e. The van der Waals surface area contributed by atoms with Crippen LogP contribution in [0.2, 0.25) is 0 Å². The highest BCUT2D eigenvalue weighted by Crippen LogP contribution is 2.36. The zero-order valence-electron chi connectivity index (χ0n) is 23.9. The normalized spacial score (nSPS) is 16.5. The summed E-state index contributed by atoms with van der Waals surface area (Å²) in [5.74, 6) is 0. The van der Waals surface area contributed by atoms with Crippen molar-refractivity contribution in [2.24, 2.45) is 5.41 Å². The summed E-state index contributed by atoms with van der Waals surface area (Å²) in [7, 11) is 1.61. The molecule has 2 aromatic carbocycles. The van der Waals surface area contributed by atoms with E-state index in [1.807, 2.05) is 13.8 Å². The molecule has 0 aromatic heterocycles. The second-order valence-corrected chi connectivity index (χ2v) is 12.4. The van der Waals surface area contributed by atoms with Gasteiger partial charge in [0.2, 0.25) is 0 Å². The molecule has 1 saturated heterocycles. The van der Waals surface area contributed by atoms with Gasteiger partial charge in [-0.25, -0.2) is 9.59 Å². The maximum atomic E-state index is 13.1. The fraction of sp³-hybridized carbons (Fsp3) is 0.464. The van der Waals surface area contributed by atoms with Crippen molar-refractivity contribution in [2.75, 3.05) is 20.1 Å². The number of hydrogen-bond acceptors (Lipinski definition) is 10. The Balaban J connectivity index is 1.58. The molecule has 1 heterocycles. The third kappa shape index (κ3) is 9.43. The highest BCUT2D eigenvalue weighted by Gasteiger charge is 2.40. The maximum absolute atomic E-state index is 13.1. The molecule has 0 aliphatic carbocycles. The van der Waals surface area contributed by atoms with Crippen LogP contribution < -0.4 is 0 Å². The van der Waals surface area contributed by atoms with Crippen LogP contribution in [-0.2, 0) is 27.5 Å². The van der Waals surface area contributed by atoms with Gasteiger partial charge in [-0.05, 0) is 53.6 Å². The number of nitrogens with zero attached hydrogens (tertiary/aromatic N) is 4. The molecule has 2 aromatic rings. The second-order valence-electron chi connectivity index (χ2n) is 11.0. The molecule has 0 radical (unpaired) electrons. The number of nitro groups is 2. The number of carbonyl (C=O) groups is 3. The molecule has 1 aliphatic rings. The summed E-state index contributed by atoms with van der Waals surface area (Å²) in [5, 5.41) is 21.5. The van der Waals surface area contributed by atoms with Gasteiger partial charge in [0, 0.05) is 62.6 Å². The number of benzene rings is 2. The van der Waals surface area contributed by atoms with Crippen molar-refractivity contribution < 1.29 is 33.7 Å². The van der Waals surface area contributed by atoms with E-state index >= 15 is 0 Å². The first-order valence-corrected chi connectivity index (χ1v) is 14.1. The number of thioether (sulfide) groups is 1. The lowest BCUT2D eigenvalue weighted by atomic mass is 9.84. The SMILES string of the molecule is CC(=O)S[C@H]1C[C@@H](CC(C)(C)CN(C)C(=O)OCc2ccc([N+](=O)[O-])cc2)N(C(=O)OCc2ccc([N+](=O)[O-])cc2)C1. The Labute approximate surface area is 247 Å². The first-order chi connectivity index (χ1) is 19.7. The Morgan fingerprint density at radius 3 is 1.93 bits per heavy atom. The predicted octanol–water partition coefficient (Wildman–Crippen LogP) is 5.55. The van der Waals surface area contributed by atoms with Crippen molar-refractivity contribution in [3.63, 3.8) is 0 Å². The highest BCUT2D eigenvalue weighted by molar-refractivity contribution is 8.14. The van der Waals surface area contributed by atoms with E-state index in [4.69, 9.17) is 9.47 Å². The molecule has 13 nitrogen and oxygen atoms in total. The molecule has 42 heavy (non-hydrogen) atoms. The number of nitro benzene ring substituents is 2. The van der Waals surface area contributed by atoms with Crippen molar-refractivity contribution in [1.29, 1.82) is 0 Å². The van der Waals surface area contributed by atoms with E-state index in [0.29, 0.717) is 37.1 Å². The van der Waals surface area contributed by atoms with Crippen LogP contribution in [0.5, 0.6) is 0 Å². The minimum absolute atomic E-state index is 0.0391. The van der Waals surface area contributed by atoms with Crippen LogP contribution in [0, 0.1) is 25.6 Å². The zero-order valence-corrected chi connectivity index (χ0v) is 24.7. The topological polar surface area (TPSA) is 162 Å². The van der Waals surface area contributed by atoms with Gasteiger partial charge in [-0.1, -0.05) is 25.6 Å². The largest absolute Gasteiger partial charge is 0.445 e. The Hall–Kier alpha value is -4.20. The molecule has 0 bridgehead atoms. The van der Waals surface area contributed by atoms with Crippen molar-refractivity contribution in [3.8, 4) is 0 Å². The van der Waals surface area contributed by atoms with Crippen molar-refractivity contribution in [3.05, 3.63) is 79.9 Å². The minimum atomic E-state index is -0.558. The van der Waals surface area contributed by atoms with Gasteiger partial charge in [0.1, 0.15) is 13.2 Å². The summed E-state index contributed by atoms with van der Waals surface area (Å²) in [6.45, 7) is 5.98. The lowest BCUT2D eigenvalue weighted by Gasteiger charge is -2.34. The average molecular weight is 603 g/mol. The Morgan fingerprint density at radius 2 is 1.45 bits per heavy atom. The number of hydrogen-bond donors (Lipinski definition) is 0. The van der Waals surface area contributed by atoms with Gasteiger partial charge in [-0.2, -0.15) is 0 Å². The Kier molecular flexibility index (Phi) is 10.9. The molecule has 1 aliphatic heterocycles. The molecular formula is C28H34N4O9S. The molecule has 0 saturated carbocycles. The summed E-state index contributed by atoms with van der Waals surface area (Å²) < 4.78 is 10.9. The molecule has 0 N–H and O–H groups in total. The summed E-state index contributed by atoms with van der Waals surface area (Å²) in [6.07, 6.45) is -0.00250. The van der Waals surface area contributed by atoms with Gasteiger partial charge in [0.25, 0.3) is 11.4 Å². The van der Waals surface area contributed by atoms with Gasteiger partial charge < -0.3 is 19.3 Å². The molecule has 2 atom stereocenters. The number of non-ortho nitro benzene ring substituents is 2. The summed E-state index contributed by atoms with van der Waals surface area (Å²) in [4.78, 5) is 61.3. The summed E-state index contributed by atoms with van der Waals surface area (Å²) in [5.41, 5.74) is 0.664. The lowest BCUT2D eigenvalue weighted by molar-refractivity contribution is -0.385. The van der Waals surface area contributed by atoms with E-state index in [1.54, 1.807) is 11.9 Å². The number of rotatable bonds is 11. The number of amides is 2. The standard InChI is InChI=1S/C28H34N4O9S/c1-19(33)42-25-13-24(30(15-25)27(35)41-17-21-7-11-23(12-8-21)32(38)39)14-28(2,3)18-29(4)26(34)40-16-20-5-9-22(10-6-20)31(36)37/h5-12,24-25H,13-18H2,1-4H3/t24-,25-/m0/s1. The van der Waals surface area contributed by atoms with Gasteiger partial charge in [-0.3, -0.25) is 25.0 Å². The molecule has 2 amide bonds. The van der Waals surface area contributed by atoms with Gasteiger partial charge in [0.15, 0.2) is 5.12 Å². The summed E-state index contributed by atoms with van der Waals surface area (Å²) >= 11 is 1.18. The fourth-order valence-electron chi connectivity index (χ4n) is 4.93. The predicted molar refractivity (Wildman–Crippen MR) is 155 cm³/mol. The van der Waals surface area contributed by atoms with Gasteiger partial charge >= 0.3 is 12.2 Å². The van der Waals surface area contributed by atoms with E-state index < -0.39 is 27.4 Å². The highest BCUT2D eigenvalue weighted by atomic mass is 32.2. The third-order valence-electron chi connectivity index (χ3n) is 6.73. The van der Waals surface area contributed by atoms with Crippen LogP contribution >= 0.6 is 11.8 Å². The van der Waals surface area contributed by atoms with Gasteiger partial charge in [-0.15, -0.1) is 0 Å². The monoisotopic (exact) mass is 602 g/mol. The smallest absolute Gasteiger partial charge is 0.410 e. The zero-order chi connectivity index (χ0) is 31.0. The quantitative estimate of drug-likeness (QED) is 0.235. The molecule has 3 rings (SSSR count). The average Bonchev–Trinajstić information content (AvgIpc) is 3.30. The molecule has 1 fully saturated rings. The fourth-order valence-corrected chi connectivity index (χ4v) is 5.95. The van der Waals surface area contributed by atoms with Crippen molar-refractivity contribution in [2.45, 2.75) is 58.1 Å². The Morgan fingerprint density at radius 1 is 0.952 bits per heavy atom. The van der Waals surface area contributed by atoms with Crippen LogP contribution in [0.1, 0.15) is 44.7 Å². The lowest BCUT2D eigenvalue weighted by Crippen LogP contribution is -2.42. The molecule has 226 valence electrons. The molecule has 14 heteroatoms. The van der Waals surface area contributed by atoms with Crippen LogP contribution in [0.15, 0.2) is 48.5 Å². The first-order valence-electron chi connectivity index (χ1n) is 13.2. The van der Waals surface area contributed by atoms with Gasteiger partial charge in [0.05, 0.1) is 9.85 Å².